The van der Waals surface area contributed by atoms with Crippen LogP contribution < -0.4 is 4.74 Å². The second kappa shape index (κ2) is 8.91. The van der Waals surface area contributed by atoms with Gasteiger partial charge in [-0.2, -0.15) is 10.4 Å². The zero-order valence-electron chi connectivity index (χ0n) is 20.2. The molecule has 0 spiro atoms. The van der Waals surface area contributed by atoms with Gasteiger partial charge in [-0.1, -0.05) is 13.8 Å². The average molecular weight is 492 g/mol. The van der Waals surface area contributed by atoms with E-state index in [1.807, 2.05) is 24.5 Å². The molecule has 4 heterocycles. The lowest BCUT2D eigenvalue weighted by atomic mass is 9.79. The number of nitriles is 1. The van der Waals surface area contributed by atoms with E-state index in [0.717, 1.165) is 22.2 Å². The molecular formula is C26H26FN5O4. The van der Waals surface area contributed by atoms with Crippen molar-refractivity contribution >= 4 is 28.0 Å². The number of pyridine rings is 1. The smallest absolute Gasteiger partial charge is 0.332 e. The van der Waals surface area contributed by atoms with Gasteiger partial charge in [-0.3, -0.25) is 5.10 Å². The van der Waals surface area contributed by atoms with Crippen LogP contribution in [0.5, 0.6) is 5.75 Å². The van der Waals surface area contributed by atoms with Crippen LogP contribution in [0.4, 0.5) is 4.39 Å². The summed E-state index contributed by atoms with van der Waals surface area (Å²) >= 11 is 0. The highest BCUT2D eigenvalue weighted by molar-refractivity contribution is 5.94. The van der Waals surface area contributed by atoms with E-state index >= 15 is 0 Å². The van der Waals surface area contributed by atoms with Crippen LogP contribution >= 0.6 is 0 Å². The standard InChI is InChI=1S/C26H26FN5O4/c1-26(2,8-9-28)23-21(14-4-7-19(25(33)34)36-13-14)22-18(10-15-12-29-31-24(15)30-22)32(23)16-5-6-17(27)20(11-16)35-3/h5-6,10-12,14,19H,4,7-8,13H2,1-3H3,(H,33,34)(H,29,30,31). The number of nitrogens with zero attached hydrogens (tertiary/aromatic N) is 4. The Balaban J connectivity index is 1.84. The van der Waals surface area contributed by atoms with Gasteiger partial charge in [0.25, 0.3) is 0 Å². The molecule has 0 saturated carbocycles. The Labute approximate surface area is 206 Å². The van der Waals surface area contributed by atoms with Crippen LogP contribution in [-0.2, 0) is 14.9 Å². The van der Waals surface area contributed by atoms with Gasteiger partial charge in [-0.15, -0.1) is 0 Å². The number of ether oxygens (including phenoxy) is 2. The monoisotopic (exact) mass is 491 g/mol. The van der Waals surface area contributed by atoms with E-state index < -0.39 is 23.3 Å². The van der Waals surface area contributed by atoms with Crippen LogP contribution in [0.2, 0.25) is 0 Å². The highest BCUT2D eigenvalue weighted by atomic mass is 19.1. The number of hydrogen-bond acceptors (Lipinski definition) is 6. The fourth-order valence-electron chi connectivity index (χ4n) is 5.16. The number of methoxy groups -OCH3 is 1. The van der Waals surface area contributed by atoms with Gasteiger partial charge in [-0.25, -0.2) is 14.2 Å². The van der Waals surface area contributed by atoms with Crippen LogP contribution in [0.25, 0.3) is 27.8 Å². The van der Waals surface area contributed by atoms with Crippen LogP contribution in [0.1, 0.15) is 50.3 Å². The van der Waals surface area contributed by atoms with Gasteiger partial charge in [0.2, 0.25) is 0 Å². The molecule has 0 amide bonds. The first-order valence-corrected chi connectivity index (χ1v) is 11.7. The lowest BCUT2D eigenvalue weighted by molar-refractivity contribution is -0.153. The lowest BCUT2D eigenvalue weighted by Crippen LogP contribution is -2.32. The first-order valence-electron chi connectivity index (χ1n) is 11.7. The van der Waals surface area contributed by atoms with Crippen LogP contribution in [-0.4, -0.2) is 50.6 Å². The molecule has 1 aromatic carbocycles. The van der Waals surface area contributed by atoms with E-state index in [0.29, 0.717) is 29.7 Å². The summed E-state index contributed by atoms with van der Waals surface area (Å²) < 4.78 is 27.4. The molecule has 0 bridgehead atoms. The first kappa shape index (κ1) is 23.8. The number of aromatic nitrogens is 4. The molecule has 3 aromatic heterocycles. The number of aliphatic carboxylic acids is 1. The summed E-state index contributed by atoms with van der Waals surface area (Å²) in [6.07, 6.45) is 2.01. The van der Waals surface area contributed by atoms with Gasteiger partial charge in [0, 0.05) is 46.2 Å². The maximum Gasteiger partial charge on any atom is 0.332 e. The number of halogens is 1. The second-order valence-corrected chi connectivity index (χ2v) is 9.73. The molecule has 0 radical (unpaired) electrons. The number of nitrogens with one attached hydrogen (secondary N) is 1. The molecule has 9 nitrogen and oxygen atoms in total. The lowest BCUT2D eigenvalue weighted by Gasteiger charge is -2.31. The van der Waals surface area contributed by atoms with Crippen molar-refractivity contribution in [2.45, 2.75) is 50.5 Å². The highest BCUT2D eigenvalue weighted by Crippen LogP contribution is 2.45. The Morgan fingerprint density at radius 3 is 2.86 bits per heavy atom. The van der Waals surface area contributed by atoms with E-state index in [1.165, 1.54) is 13.2 Å². The number of carboxylic acid groups (broad SMARTS) is 1. The topological polar surface area (TPSA) is 126 Å². The number of carbonyl (C=O) groups is 1. The van der Waals surface area contributed by atoms with Crippen molar-refractivity contribution < 1.29 is 23.8 Å². The third-order valence-corrected chi connectivity index (χ3v) is 6.90. The van der Waals surface area contributed by atoms with E-state index in [4.69, 9.17) is 14.5 Å². The van der Waals surface area contributed by atoms with Crippen molar-refractivity contribution in [3.05, 3.63) is 47.5 Å². The van der Waals surface area contributed by atoms with Gasteiger partial charge >= 0.3 is 5.97 Å². The molecule has 2 atom stereocenters. The number of hydrogen-bond donors (Lipinski definition) is 2. The molecule has 186 valence electrons. The Kier molecular flexibility index (Phi) is 5.88. The number of H-pyrrole nitrogens is 1. The molecule has 36 heavy (non-hydrogen) atoms. The Bertz CT molecular complexity index is 1510. The maximum absolute atomic E-state index is 14.4. The second-order valence-electron chi connectivity index (χ2n) is 9.73. The quantitative estimate of drug-likeness (QED) is 0.404. The minimum atomic E-state index is -0.975. The number of rotatable bonds is 6. The van der Waals surface area contributed by atoms with Gasteiger partial charge in [-0.05, 0) is 31.0 Å². The Hall–Kier alpha value is -3.97. The summed E-state index contributed by atoms with van der Waals surface area (Å²) in [6, 6.07) is 8.92. The van der Waals surface area contributed by atoms with Crippen LogP contribution in [0, 0.1) is 17.1 Å². The largest absolute Gasteiger partial charge is 0.494 e. The molecule has 5 rings (SSSR count). The normalized spacial score (nSPS) is 18.4. The van der Waals surface area contributed by atoms with Gasteiger partial charge in [0.15, 0.2) is 23.3 Å². The Morgan fingerprint density at radius 2 is 2.19 bits per heavy atom. The SMILES string of the molecule is COc1cc(-n2c(C(C)(C)CC#N)c(C3CCC(C(=O)O)OC3)c3nc4[nH]ncc4cc32)ccc1F. The Morgan fingerprint density at radius 1 is 1.39 bits per heavy atom. The first-order chi connectivity index (χ1) is 17.2. The molecule has 4 aromatic rings. The zero-order chi connectivity index (χ0) is 25.6. The predicted octanol–water partition coefficient (Wildman–Crippen LogP) is 4.59. The molecule has 1 fully saturated rings. The predicted molar refractivity (Wildman–Crippen MR) is 130 cm³/mol. The maximum atomic E-state index is 14.4. The molecule has 2 N–H and O–H groups in total. The van der Waals surface area contributed by atoms with Crippen molar-refractivity contribution in [2.24, 2.45) is 0 Å². The fraction of sp³-hybridized carbons (Fsp3) is 0.385. The summed E-state index contributed by atoms with van der Waals surface area (Å²) in [6.45, 7) is 4.19. The van der Waals surface area contributed by atoms with Crippen molar-refractivity contribution in [3.63, 3.8) is 0 Å². The van der Waals surface area contributed by atoms with Crippen LogP contribution in [0.15, 0.2) is 30.5 Å². The fourth-order valence-corrected chi connectivity index (χ4v) is 5.16. The summed E-state index contributed by atoms with van der Waals surface area (Å²) in [5.74, 6) is -1.50. The van der Waals surface area contributed by atoms with E-state index in [2.05, 4.69) is 16.3 Å². The van der Waals surface area contributed by atoms with Gasteiger partial charge in [0.1, 0.15) is 0 Å². The van der Waals surface area contributed by atoms with Crippen LogP contribution in [0.3, 0.4) is 0 Å². The molecular weight excluding hydrogens is 465 g/mol. The molecule has 2 unspecified atom stereocenters. The third kappa shape index (κ3) is 3.85. The van der Waals surface area contributed by atoms with E-state index in [1.54, 1.807) is 18.3 Å². The molecule has 1 aliphatic heterocycles. The molecule has 0 aliphatic carbocycles. The van der Waals surface area contributed by atoms with Crippen molar-refractivity contribution in [3.8, 4) is 17.5 Å². The minimum Gasteiger partial charge on any atom is -0.494 e. The summed E-state index contributed by atoms with van der Waals surface area (Å²) in [5.41, 5.74) is 3.88. The summed E-state index contributed by atoms with van der Waals surface area (Å²) in [5, 5.41) is 26.9. The third-order valence-electron chi connectivity index (χ3n) is 6.90. The van der Waals surface area contributed by atoms with Gasteiger partial charge in [0.05, 0.1) is 37.0 Å². The summed E-state index contributed by atoms with van der Waals surface area (Å²) in [7, 11) is 1.41. The molecule has 1 saturated heterocycles. The molecule has 10 heteroatoms. The van der Waals surface area contributed by atoms with E-state index in [9.17, 15) is 19.6 Å². The van der Waals surface area contributed by atoms with Crippen molar-refractivity contribution in [1.29, 1.82) is 5.26 Å². The average Bonchev–Trinajstić information content (AvgIpc) is 3.45. The molecule has 1 aliphatic rings. The number of fused-ring (bicyclic) bond motifs is 2. The number of benzene rings is 1. The highest BCUT2D eigenvalue weighted by Gasteiger charge is 2.38. The number of aromatic amines is 1. The number of carboxylic acids is 1. The minimum absolute atomic E-state index is 0.0996. The van der Waals surface area contributed by atoms with Crippen molar-refractivity contribution in [1.82, 2.24) is 19.7 Å². The zero-order valence-corrected chi connectivity index (χ0v) is 20.2. The van der Waals surface area contributed by atoms with Crippen molar-refractivity contribution in [2.75, 3.05) is 13.7 Å². The van der Waals surface area contributed by atoms with Gasteiger partial charge < -0.3 is 19.1 Å². The summed E-state index contributed by atoms with van der Waals surface area (Å²) in [4.78, 5) is 16.4. The van der Waals surface area contributed by atoms with E-state index in [-0.39, 0.29) is 24.7 Å².